The van der Waals surface area contributed by atoms with Gasteiger partial charge in [0.15, 0.2) is 5.76 Å². The van der Waals surface area contributed by atoms with Crippen LogP contribution in [0.5, 0.6) is 11.5 Å². The van der Waals surface area contributed by atoms with Gasteiger partial charge in [-0.2, -0.15) is 13.2 Å². The van der Waals surface area contributed by atoms with E-state index in [1.165, 1.54) is 24.3 Å². The first kappa shape index (κ1) is 15.0. The Balaban J connectivity index is 2.44. The van der Waals surface area contributed by atoms with Crippen molar-refractivity contribution in [3.8, 4) is 22.8 Å². The first-order valence-electron chi connectivity index (χ1n) is 6.44. The molecule has 0 atom stereocenters. The minimum atomic E-state index is -4.78. The Morgan fingerprint density at radius 1 is 0.870 bits per heavy atom. The predicted molar refractivity (Wildman–Crippen MR) is 76.3 cm³/mol. The van der Waals surface area contributed by atoms with Crippen molar-refractivity contribution in [3.05, 3.63) is 58.4 Å². The van der Waals surface area contributed by atoms with Crippen molar-refractivity contribution in [1.29, 1.82) is 0 Å². The first-order valence-corrected chi connectivity index (χ1v) is 6.44. The second-order valence-electron chi connectivity index (χ2n) is 4.87. The Morgan fingerprint density at radius 2 is 1.48 bits per heavy atom. The van der Waals surface area contributed by atoms with Gasteiger partial charge in [-0.15, -0.1) is 0 Å². The van der Waals surface area contributed by atoms with E-state index in [2.05, 4.69) is 0 Å². The second-order valence-corrected chi connectivity index (χ2v) is 4.87. The fourth-order valence-corrected chi connectivity index (χ4v) is 2.34. The number of aromatic hydroxyl groups is 2. The highest BCUT2D eigenvalue weighted by molar-refractivity contribution is 5.90. The Labute approximate surface area is 127 Å². The maximum atomic E-state index is 13.5. The molecule has 23 heavy (non-hydrogen) atoms. The molecule has 0 bridgehead atoms. The lowest BCUT2D eigenvalue weighted by atomic mass is 10.0. The highest BCUT2D eigenvalue weighted by atomic mass is 19.4. The molecule has 1 heterocycles. The Morgan fingerprint density at radius 3 is 2.09 bits per heavy atom. The molecular weight excluding hydrogens is 313 g/mol. The van der Waals surface area contributed by atoms with E-state index in [1.54, 1.807) is 0 Å². The topological polar surface area (TPSA) is 70.7 Å². The molecule has 2 aromatic carbocycles. The smallest absolute Gasteiger partial charge is 0.420 e. The molecule has 0 saturated carbocycles. The number of hydrogen-bond donors (Lipinski definition) is 2. The fraction of sp³-hybridized carbons (Fsp3) is 0.0625. The largest absolute Gasteiger partial charge is 0.508 e. The number of phenols is 2. The first-order chi connectivity index (χ1) is 10.8. The van der Waals surface area contributed by atoms with Crippen molar-refractivity contribution in [2.24, 2.45) is 0 Å². The Bertz CT molecular complexity index is 940. The van der Waals surface area contributed by atoms with Crippen molar-refractivity contribution in [2.75, 3.05) is 0 Å². The molecule has 3 rings (SSSR count). The zero-order chi connectivity index (χ0) is 16.8. The van der Waals surface area contributed by atoms with E-state index in [1.807, 2.05) is 0 Å². The standard InChI is InChI=1S/C16H9F3O4/c17-16(18,19)13-11-6-5-10(21)7-12(11)15(22)23-14(13)8-1-3-9(20)4-2-8/h1-7,20-21H. The highest BCUT2D eigenvalue weighted by Gasteiger charge is 2.38. The van der Waals surface area contributed by atoms with Gasteiger partial charge in [0.05, 0.1) is 5.39 Å². The molecule has 0 unspecified atom stereocenters. The summed E-state index contributed by atoms with van der Waals surface area (Å²) in [6, 6.07) is 7.83. The SMILES string of the molecule is O=c1oc(-c2ccc(O)cc2)c(C(F)(F)F)c2ccc(O)cc12. The summed E-state index contributed by atoms with van der Waals surface area (Å²) in [5.41, 5.74) is -2.10. The van der Waals surface area contributed by atoms with Gasteiger partial charge in [-0.3, -0.25) is 0 Å². The van der Waals surface area contributed by atoms with Crippen LogP contribution in [0.2, 0.25) is 0 Å². The van der Waals surface area contributed by atoms with Crippen molar-refractivity contribution < 1.29 is 27.8 Å². The van der Waals surface area contributed by atoms with Crippen LogP contribution in [-0.4, -0.2) is 10.2 Å². The predicted octanol–water partition coefficient (Wildman–Crippen LogP) is 3.89. The summed E-state index contributed by atoms with van der Waals surface area (Å²) >= 11 is 0. The third-order valence-corrected chi connectivity index (χ3v) is 3.33. The lowest BCUT2D eigenvalue weighted by Gasteiger charge is -2.14. The minimum Gasteiger partial charge on any atom is -0.508 e. The summed E-state index contributed by atoms with van der Waals surface area (Å²) in [5, 5.41) is 17.9. The van der Waals surface area contributed by atoms with E-state index in [9.17, 15) is 28.2 Å². The van der Waals surface area contributed by atoms with E-state index in [4.69, 9.17) is 4.42 Å². The summed E-state index contributed by atoms with van der Waals surface area (Å²) in [6.07, 6.45) is -4.78. The molecule has 118 valence electrons. The summed E-state index contributed by atoms with van der Waals surface area (Å²) in [7, 11) is 0. The van der Waals surface area contributed by atoms with Crippen LogP contribution in [-0.2, 0) is 6.18 Å². The van der Waals surface area contributed by atoms with E-state index in [-0.39, 0.29) is 27.8 Å². The molecule has 0 radical (unpaired) electrons. The third-order valence-electron chi connectivity index (χ3n) is 3.33. The van der Waals surface area contributed by atoms with E-state index in [0.717, 1.165) is 18.2 Å². The van der Waals surface area contributed by atoms with E-state index >= 15 is 0 Å². The summed E-state index contributed by atoms with van der Waals surface area (Å²) in [5.74, 6) is -1.11. The maximum absolute atomic E-state index is 13.5. The van der Waals surface area contributed by atoms with Gasteiger partial charge in [0.2, 0.25) is 0 Å². The van der Waals surface area contributed by atoms with Crippen LogP contribution in [0.4, 0.5) is 13.2 Å². The minimum absolute atomic E-state index is 0.00204. The number of fused-ring (bicyclic) bond motifs is 1. The third kappa shape index (κ3) is 2.61. The zero-order valence-electron chi connectivity index (χ0n) is 11.4. The molecule has 4 nitrogen and oxygen atoms in total. The molecule has 0 amide bonds. The molecule has 7 heteroatoms. The summed E-state index contributed by atoms with van der Waals surface area (Å²) in [6.45, 7) is 0. The van der Waals surface area contributed by atoms with Crippen molar-refractivity contribution in [3.63, 3.8) is 0 Å². The van der Waals surface area contributed by atoms with Gasteiger partial charge in [-0.05, 0) is 42.5 Å². The molecule has 0 fully saturated rings. The molecule has 0 aliphatic rings. The van der Waals surface area contributed by atoms with Crippen LogP contribution >= 0.6 is 0 Å². The average molecular weight is 322 g/mol. The van der Waals surface area contributed by atoms with Gasteiger partial charge in [0, 0.05) is 10.9 Å². The van der Waals surface area contributed by atoms with Gasteiger partial charge in [-0.25, -0.2) is 4.79 Å². The van der Waals surface area contributed by atoms with Crippen LogP contribution in [0, 0.1) is 0 Å². The maximum Gasteiger partial charge on any atom is 0.420 e. The van der Waals surface area contributed by atoms with Crippen LogP contribution in [0.3, 0.4) is 0 Å². The monoisotopic (exact) mass is 322 g/mol. The fourth-order valence-electron chi connectivity index (χ4n) is 2.34. The molecule has 2 N–H and O–H groups in total. The van der Waals surface area contributed by atoms with Gasteiger partial charge in [0.25, 0.3) is 0 Å². The van der Waals surface area contributed by atoms with Crippen molar-refractivity contribution in [1.82, 2.24) is 0 Å². The number of rotatable bonds is 1. The number of hydrogen-bond acceptors (Lipinski definition) is 4. The zero-order valence-corrected chi connectivity index (χ0v) is 11.4. The van der Waals surface area contributed by atoms with Crippen LogP contribution in [0.25, 0.3) is 22.1 Å². The van der Waals surface area contributed by atoms with Crippen LogP contribution in [0.15, 0.2) is 51.7 Å². The molecule has 0 saturated heterocycles. The number of halogens is 3. The van der Waals surface area contributed by atoms with Gasteiger partial charge in [-0.1, -0.05) is 0 Å². The van der Waals surface area contributed by atoms with Gasteiger partial charge in [0.1, 0.15) is 17.1 Å². The number of alkyl halides is 3. The second kappa shape index (κ2) is 5.05. The molecular formula is C16H9F3O4. The Hall–Kier alpha value is -2.96. The van der Waals surface area contributed by atoms with Crippen LogP contribution < -0.4 is 5.63 Å². The highest BCUT2D eigenvalue weighted by Crippen LogP contribution is 2.41. The normalized spacial score (nSPS) is 11.8. The molecule has 1 aromatic heterocycles. The summed E-state index contributed by atoms with van der Waals surface area (Å²) in [4.78, 5) is 12.0. The lowest BCUT2D eigenvalue weighted by molar-refractivity contribution is -0.136. The quantitative estimate of drug-likeness (QED) is 0.713. The number of phenolic OH excluding ortho intramolecular Hbond substituents is 2. The molecule has 0 spiro atoms. The van der Waals surface area contributed by atoms with Crippen LogP contribution in [0.1, 0.15) is 5.56 Å². The number of benzene rings is 2. The summed E-state index contributed by atoms with van der Waals surface area (Å²) < 4.78 is 45.4. The van der Waals surface area contributed by atoms with Gasteiger partial charge >= 0.3 is 11.8 Å². The van der Waals surface area contributed by atoms with E-state index < -0.39 is 23.1 Å². The van der Waals surface area contributed by atoms with Crippen molar-refractivity contribution >= 4 is 10.8 Å². The molecule has 0 aliphatic carbocycles. The molecule has 3 aromatic rings. The lowest BCUT2D eigenvalue weighted by Crippen LogP contribution is -2.13. The van der Waals surface area contributed by atoms with E-state index in [0.29, 0.717) is 0 Å². The average Bonchev–Trinajstić information content (AvgIpc) is 2.47. The van der Waals surface area contributed by atoms with Gasteiger partial charge < -0.3 is 14.6 Å². The van der Waals surface area contributed by atoms with Crippen molar-refractivity contribution in [2.45, 2.75) is 6.18 Å². The molecule has 0 aliphatic heterocycles. The Kier molecular flexibility index (Phi) is 3.28.